The Hall–Kier alpha value is -11.7. The maximum absolute atomic E-state index is 12.3. The van der Waals surface area contributed by atoms with Gasteiger partial charge in [0.2, 0.25) is 0 Å². The second kappa shape index (κ2) is 37.5. The summed E-state index contributed by atoms with van der Waals surface area (Å²) in [6, 6.07) is 89.7. The predicted octanol–water partition coefficient (Wildman–Crippen LogP) is 20.7. The van der Waals surface area contributed by atoms with Crippen molar-refractivity contribution in [2.45, 2.75) is 24.2 Å². The van der Waals surface area contributed by atoms with Crippen molar-refractivity contribution >= 4 is 122 Å². The molecule has 0 aromatic heterocycles. The number of carboxylic acid groups (broad SMARTS) is 2. The number of nitrogens with zero attached hydrogens (tertiary/aromatic N) is 2. The highest BCUT2D eigenvalue weighted by molar-refractivity contribution is 14.1. The fraction of sp³-hybridized carbons (Fsp3) is 0.0488. The van der Waals surface area contributed by atoms with Gasteiger partial charge in [0.15, 0.2) is 6.04 Å². The molecule has 0 bridgehead atoms. The smallest absolute Gasteiger partial charge is 0.330 e. The number of aliphatic carboxylic acids is 2. The minimum Gasteiger partial charge on any atom is -0.480 e. The minimum absolute atomic E-state index is 0.340. The topological polar surface area (TPSA) is 248 Å². The standard InChI is InChI=1S/2C21H15ClN2O3.C20H16ClNO3.C12H8ClIO.C8H9NO2/c2*22-15-6-10-17(11-7-15)27-18-12-8-16(9-13-18)24-19(20(25)23-21(24)26)14-4-2-1-3-5-14;21-15-6-10-17(11-7-15)25-18-12-8-16(9-13-18)22-19(20(23)24)14-4-2-1-3-5-14;13-9-1-5-11(6-2-9)15-12-7-3-10(14)4-8-12;9-7(8(10)11)6-4-2-1-3-5-6/h2*1-13,19H,(H,23,25,26);1-13,19,22H,(H,23,24);1-8H;1-5,7H,9H2,(H,10,11)/t3*19-;;7-/m000.0/s1. The van der Waals surface area contributed by atoms with Crippen LogP contribution >= 0.6 is 69.0 Å². The number of halogens is 5. The summed E-state index contributed by atoms with van der Waals surface area (Å²) >= 11 is 25.6. The van der Waals surface area contributed by atoms with E-state index in [0.29, 0.717) is 82.8 Å². The van der Waals surface area contributed by atoms with Crippen molar-refractivity contribution in [3.8, 4) is 46.0 Å². The highest BCUT2D eigenvalue weighted by Crippen LogP contribution is 2.36. The molecule has 528 valence electrons. The molecule has 0 saturated carbocycles. The number of imide groups is 2. The van der Waals surface area contributed by atoms with Crippen LogP contribution in [0.1, 0.15) is 46.4 Å². The maximum atomic E-state index is 12.3. The first-order valence-electron chi connectivity index (χ1n) is 32.1. The van der Waals surface area contributed by atoms with Crippen LogP contribution in [0.5, 0.6) is 46.0 Å². The molecular formula is C82H63Cl4IN6O12. The number of rotatable bonds is 18. The van der Waals surface area contributed by atoms with Crippen molar-refractivity contribution in [1.29, 1.82) is 0 Å². The summed E-state index contributed by atoms with van der Waals surface area (Å²) in [7, 11) is 0. The molecule has 2 aliphatic rings. The molecular weight excluding hydrogens is 1530 g/mol. The second-order valence-electron chi connectivity index (χ2n) is 22.7. The van der Waals surface area contributed by atoms with Crippen LogP contribution in [0.15, 0.2) is 315 Å². The molecule has 12 aromatic rings. The molecule has 14 rings (SSSR count). The average molecular weight is 1590 g/mol. The van der Waals surface area contributed by atoms with Crippen LogP contribution in [-0.2, 0) is 19.2 Å². The molecule has 4 atom stereocenters. The molecule has 6 amide bonds. The molecule has 23 heteroatoms. The molecule has 2 heterocycles. The number of anilines is 3. The molecule has 0 unspecified atom stereocenters. The summed E-state index contributed by atoms with van der Waals surface area (Å²) in [6.45, 7) is 0. The van der Waals surface area contributed by atoms with E-state index in [1.54, 1.807) is 182 Å². The number of nitrogens with two attached hydrogens (primary N) is 1. The first-order chi connectivity index (χ1) is 50.8. The van der Waals surface area contributed by atoms with E-state index in [2.05, 4.69) is 38.5 Å². The van der Waals surface area contributed by atoms with Crippen molar-refractivity contribution in [3.63, 3.8) is 0 Å². The van der Waals surface area contributed by atoms with Crippen LogP contribution in [-0.4, -0.2) is 46.0 Å². The quantitative estimate of drug-likeness (QED) is 0.0346. The van der Waals surface area contributed by atoms with Gasteiger partial charge in [0.25, 0.3) is 11.8 Å². The van der Waals surface area contributed by atoms with Crippen molar-refractivity contribution < 1.29 is 57.9 Å². The van der Waals surface area contributed by atoms with Gasteiger partial charge in [-0.25, -0.2) is 14.4 Å². The first-order valence-corrected chi connectivity index (χ1v) is 34.6. The summed E-state index contributed by atoms with van der Waals surface area (Å²) < 4.78 is 24.1. The number of amides is 6. The SMILES string of the molecule is Clc1ccc(Oc2ccc(I)cc2)cc1.N[C@H](C(=O)O)c1ccccc1.O=C(O)[C@@H](Nc1ccc(Oc2ccc(Cl)cc2)cc1)c1ccccc1.O=C1NC(=O)N(c2ccc(Oc3ccc(Cl)cc3)cc2)[C@H]1c1ccccc1.O=C1NC(=O)N(c2ccc(Oc3ccc(Cl)cc3)cc2)[C@H]1c1ccccc1. The second-order valence-corrected chi connectivity index (χ2v) is 25.7. The Kier molecular flexibility index (Phi) is 27.1. The van der Waals surface area contributed by atoms with Gasteiger partial charge in [0, 0.05) is 40.7 Å². The van der Waals surface area contributed by atoms with Crippen LogP contribution in [0.3, 0.4) is 0 Å². The van der Waals surface area contributed by atoms with Gasteiger partial charge in [0.05, 0.1) is 0 Å². The van der Waals surface area contributed by atoms with Crippen molar-refractivity contribution in [3.05, 3.63) is 361 Å². The minimum atomic E-state index is -1.00. The summed E-state index contributed by atoms with van der Waals surface area (Å²) in [5.41, 5.74) is 10.1. The molecule has 0 radical (unpaired) electrons. The van der Waals surface area contributed by atoms with Gasteiger partial charge in [-0.05, 0) is 239 Å². The molecule has 2 aliphatic heterocycles. The van der Waals surface area contributed by atoms with E-state index in [0.717, 1.165) is 22.6 Å². The third-order valence-corrected chi connectivity index (χ3v) is 17.1. The Bertz CT molecular complexity index is 4630. The van der Waals surface area contributed by atoms with Gasteiger partial charge >= 0.3 is 24.0 Å². The Morgan fingerprint density at radius 1 is 0.371 bits per heavy atom. The van der Waals surface area contributed by atoms with Crippen molar-refractivity contribution in [2.75, 3.05) is 15.1 Å². The van der Waals surface area contributed by atoms with Crippen LogP contribution in [0, 0.1) is 3.57 Å². The number of carboxylic acids is 2. The molecule has 7 N–H and O–H groups in total. The Balaban J connectivity index is 0.000000145. The molecule has 2 fully saturated rings. The Morgan fingerprint density at radius 3 is 0.933 bits per heavy atom. The number of hydrogen-bond acceptors (Lipinski definition) is 12. The van der Waals surface area contributed by atoms with Gasteiger partial charge < -0.3 is 40.2 Å². The lowest BCUT2D eigenvalue weighted by Crippen LogP contribution is -2.29. The molecule has 0 aliphatic carbocycles. The summed E-state index contributed by atoms with van der Waals surface area (Å²) in [6.07, 6.45) is 0. The van der Waals surface area contributed by atoms with E-state index in [-0.39, 0.29) is 11.8 Å². The molecule has 105 heavy (non-hydrogen) atoms. The van der Waals surface area contributed by atoms with Gasteiger partial charge in [0.1, 0.15) is 64.1 Å². The average Bonchev–Trinajstić information content (AvgIpc) is 1.65. The highest BCUT2D eigenvalue weighted by atomic mass is 127. The number of nitrogens with one attached hydrogen (secondary N) is 3. The number of benzene rings is 12. The molecule has 12 aromatic carbocycles. The molecule has 0 spiro atoms. The fourth-order valence-electron chi connectivity index (χ4n) is 10.3. The lowest BCUT2D eigenvalue weighted by molar-refractivity contribution is -0.139. The van der Waals surface area contributed by atoms with Gasteiger partial charge in [-0.1, -0.05) is 168 Å². The number of carbonyl (C=O) groups is 6. The van der Waals surface area contributed by atoms with Gasteiger partial charge in [-0.3, -0.25) is 34.8 Å². The van der Waals surface area contributed by atoms with E-state index < -0.39 is 48.2 Å². The normalized spacial score (nSPS) is 13.9. The van der Waals surface area contributed by atoms with E-state index in [9.17, 15) is 33.9 Å². The largest absolute Gasteiger partial charge is 0.480 e. The van der Waals surface area contributed by atoms with Crippen LogP contribution in [0.2, 0.25) is 20.1 Å². The van der Waals surface area contributed by atoms with Gasteiger partial charge in [-0.15, -0.1) is 0 Å². The van der Waals surface area contributed by atoms with E-state index >= 15 is 0 Å². The zero-order valence-electron chi connectivity index (χ0n) is 55.2. The Morgan fingerprint density at radius 2 is 0.638 bits per heavy atom. The fourth-order valence-corrected chi connectivity index (χ4v) is 11.1. The zero-order chi connectivity index (χ0) is 74.2. The van der Waals surface area contributed by atoms with E-state index in [4.69, 9.17) is 76.2 Å². The molecule has 2 saturated heterocycles. The van der Waals surface area contributed by atoms with E-state index in [1.807, 2.05) is 133 Å². The summed E-state index contributed by atoms with van der Waals surface area (Å²) in [5, 5.41) is 28.4. The van der Waals surface area contributed by atoms with Crippen LogP contribution in [0.25, 0.3) is 0 Å². The predicted molar refractivity (Wildman–Crippen MR) is 416 cm³/mol. The lowest BCUT2D eigenvalue weighted by Gasteiger charge is -2.22. The third kappa shape index (κ3) is 22.2. The maximum Gasteiger partial charge on any atom is 0.330 e. The van der Waals surface area contributed by atoms with Crippen molar-refractivity contribution in [2.24, 2.45) is 5.73 Å². The number of urea groups is 2. The molecule has 18 nitrogen and oxygen atoms in total. The first kappa shape index (κ1) is 76.0. The lowest BCUT2D eigenvalue weighted by atomic mass is 10.1. The number of carbonyl (C=O) groups excluding carboxylic acids is 4. The highest BCUT2D eigenvalue weighted by Gasteiger charge is 2.41. The van der Waals surface area contributed by atoms with Crippen LogP contribution in [0.4, 0.5) is 26.7 Å². The monoisotopic (exact) mass is 1590 g/mol. The van der Waals surface area contributed by atoms with Gasteiger partial charge in [-0.2, -0.15) is 0 Å². The number of ether oxygens (including phenoxy) is 4. The summed E-state index contributed by atoms with van der Waals surface area (Å²) in [4.78, 5) is 74.1. The Labute approximate surface area is 638 Å². The van der Waals surface area contributed by atoms with Crippen molar-refractivity contribution in [1.82, 2.24) is 10.6 Å². The van der Waals surface area contributed by atoms with E-state index in [1.165, 1.54) is 13.4 Å². The zero-order valence-corrected chi connectivity index (χ0v) is 60.4. The van der Waals surface area contributed by atoms with Crippen LogP contribution < -0.4 is 50.4 Å². The number of hydrogen-bond donors (Lipinski definition) is 6. The summed E-state index contributed by atoms with van der Waals surface area (Å²) in [5.74, 6) is 2.87. The third-order valence-electron chi connectivity index (χ3n) is 15.4.